The predicted octanol–water partition coefficient (Wildman–Crippen LogP) is 1.74. The Labute approximate surface area is 165 Å². The summed E-state index contributed by atoms with van der Waals surface area (Å²) in [4.78, 5) is 26.4. The zero-order valence-electron chi connectivity index (χ0n) is 16.7. The van der Waals surface area contributed by atoms with E-state index in [2.05, 4.69) is 5.32 Å². The van der Waals surface area contributed by atoms with Crippen LogP contribution >= 0.6 is 0 Å². The number of likely N-dealkylation sites (N-methyl/N-ethyl adjacent to an activating group) is 1. The molecule has 28 heavy (non-hydrogen) atoms. The number of carbonyl (C=O) groups excluding carboxylic acids is 2. The Hall–Kier alpha value is -2.13. The number of hydrogen-bond acceptors (Lipinski definition) is 5. The average Bonchev–Trinajstić information content (AvgIpc) is 3.14. The van der Waals surface area contributed by atoms with Gasteiger partial charge < -0.3 is 15.0 Å². The fourth-order valence-corrected chi connectivity index (χ4v) is 5.64. The smallest absolute Gasteiger partial charge is 0.265 e. The maximum atomic E-state index is 13.4. The Kier molecular flexibility index (Phi) is 5.67. The van der Waals surface area contributed by atoms with Crippen LogP contribution in [0.5, 0.6) is 5.75 Å². The third-order valence-corrected chi connectivity index (χ3v) is 7.41. The first-order valence-electron chi connectivity index (χ1n) is 9.63. The third kappa shape index (κ3) is 3.48. The van der Waals surface area contributed by atoms with Gasteiger partial charge in [0, 0.05) is 25.7 Å². The van der Waals surface area contributed by atoms with Crippen LogP contribution in [0, 0.1) is 6.92 Å². The second-order valence-electron chi connectivity index (χ2n) is 7.15. The summed E-state index contributed by atoms with van der Waals surface area (Å²) in [7, 11) is -3.88. The van der Waals surface area contributed by atoms with Gasteiger partial charge in [0.2, 0.25) is 15.9 Å². The lowest BCUT2D eigenvalue weighted by Gasteiger charge is -2.29. The number of nitrogens with zero attached hydrogens (tertiary/aromatic N) is 2. The van der Waals surface area contributed by atoms with Gasteiger partial charge in [0.05, 0.1) is 10.6 Å². The lowest BCUT2D eigenvalue weighted by molar-refractivity contribution is -0.134. The van der Waals surface area contributed by atoms with Crippen LogP contribution < -0.4 is 10.1 Å². The van der Waals surface area contributed by atoms with Crippen LogP contribution in [0.2, 0.25) is 0 Å². The van der Waals surface area contributed by atoms with Crippen LogP contribution in [0.15, 0.2) is 17.0 Å². The van der Waals surface area contributed by atoms with Gasteiger partial charge >= 0.3 is 0 Å². The molecule has 0 aromatic heterocycles. The van der Waals surface area contributed by atoms with Crippen molar-refractivity contribution in [3.05, 3.63) is 17.7 Å². The summed E-state index contributed by atoms with van der Waals surface area (Å²) in [5.74, 6) is -0.104. The highest BCUT2D eigenvalue weighted by molar-refractivity contribution is 7.89. The molecule has 2 heterocycles. The maximum absolute atomic E-state index is 13.4. The lowest BCUT2D eigenvalue weighted by atomic mass is 10.1. The molecule has 1 saturated heterocycles. The summed E-state index contributed by atoms with van der Waals surface area (Å²) in [6.45, 7) is 8.45. The monoisotopic (exact) mass is 409 g/mol. The molecule has 2 aliphatic heterocycles. The molecule has 0 spiro atoms. The van der Waals surface area contributed by atoms with E-state index in [0.29, 0.717) is 49.5 Å². The molecule has 3 rings (SSSR count). The zero-order chi connectivity index (χ0) is 20.6. The van der Waals surface area contributed by atoms with Gasteiger partial charge in [-0.25, -0.2) is 8.42 Å². The highest BCUT2D eigenvalue weighted by Gasteiger charge is 2.41. The number of hydrogen-bond donors (Lipinski definition) is 1. The van der Waals surface area contributed by atoms with Crippen molar-refractivity contribution in [1.29, 1.82) is 0 Å². The Bertz CT molecular complexity index is 895. The van der Waals surface area contributed by atoms with E-state index in [1.165, 1.54) is 10.4 Å². The Morgan fingerprint density at radius 3 is 2.64 bits per heavy atom. The fourth-order valence-electron chi connectivity index (χ4n) is 3.77. The molecule has 0 radical (unpaired) electrons. The minimum absolute atomic E-state index is 0.105. The quantitative estimate of drug-likeness (QED) is 0.799. The number of aryl methyl sites for hydroxylation is 1. The van der Waals surface area contributed by atoms with E-state index in [0.717, 1.165) is 0 Å². The van der Waals surface area contributed by atoms with Gasteiger partial charge in [-0.05, 0) is 52.2 Å². The molecular formula is C19H27N3O5S. The normalized spacial score (nSPS) is 22.4. The Morgan fingerprint density at radius 2 is 2.00 bits per heavy atom. The molecule has 2 aliphatic rings. The van der Waals surface area contributed by atoms with Gasteiger partial charge in [-0.2, -0.15) is 4.31 Å². The minimum atomic E-state index is -3.88. The van der Waals surface area contributed by atoms with Gasteiger partial charge in [0.1, 0.15) is 11.8 Å². The molecule has 154 valence electrons. The standard InChI is InChI=1S/C19H27N3O5S/c1-5-21(6-2)19(24)15-8-7-9-22(15)28(25,26)17-11-16-14(10-12(17)3)20-18(23)13(4)27-16/h10-11,13,15H,5-9H2,1-4H3,(H,20,23). The molecule has 1 N–H and O–H groups in total. The topological polar surface area (TPSA) is 96.0 Å². The van der Waals surface area contributed by atoms with Crippen molar-refractivity contribution in [2.24, 2.45) is 0 Å². The van der Waals surface area contributed by atoms with Crippen molar-refractivity contribution in [2.75, 3.05) is 25.0 Å². The molecular weight excluding hydrogens is 382 g/mol. The van der Waals surface area contributed by atoms with E-state index in [-0.39, 0.29) is 16.7 Å². The first kappa shape index (κ1) is 20.6. The summed E-state index contributed by atoms with van der Waals surface area (Å²) in [5, 5.41) is 2.72. The van der Waals surface area contributed by atoms with Crippen molar-refractivity contribution < 1.29 is 22.7 Å². The highest BCUT2D eigenvalue weighted by atomic mass is 32.2. The summed E-state index contributed by atoms with van der Waals surface area (Å²) < 4.78 is 33.7. The van der Waals surface area contributed by atoms with Crippen molar-refractivity contribution in [3.8, 4) is 5.75 Å². The van der Waals surface area contributed by atoms with Gasteiger partial charge in [0.25, 0.3) is 5.91 Å². The number of fused-ring (bicyclic) bond motifs is 1. The van der Waals surface area contributed by atoms with Crippen LogP contribution in [0.1, 0.15) is 39.2 Å². The molecule has 0 saturated carbocycles. The van der Waals surface area contributed by atoms with Crippen molar-refractivity contribution in [2.45, 2.75) is 57.6 Å². The third-order valence-electron chi connectivity index (χ3n) is 5.36. The van der Waals surface area contributed by atoms with Crippen LogP contribution in [0.4, 0.5) is 5.69 Å². The summed E-state index contributed by atoms with van der Waals surface area (Å²) in [6, 6.07) is 2.37. The number of anilines is 1. The Balaban J connectivity index is 1.97. The van der Waals surface area contributed by atoms with Gasteiger partial charge in [0.15, 0.2) is 6.10 Å². The number of benzene rings is 1. The molecule has 1 aromatic carbocycles. The van der Waals surface area contributed by atoms with Crippen LogP contribution in [-0.4, -0.2) is 61.2 Å². The first-order chi connectivity index (χ1) is 13.2. The first-order valence-corrected chi connectivity index (χ1v) is 11.1. The molecule has 1 aromatic rings. The molecule has 1 fully saturated rings. The molecule has 0 aliphatic carbocycles. The van der Waals surface area contributed by atoms with Crippen LogP contribution in [0.25, 0.3) is 0 Å². The van der Waals surface area contributed by atoms with E-state index in [1.807, 2.05) is 13.8 Å². The lowest BCUT2D eigenvalue weighted by Crippen LogP contribution is -2.47. The molecule has 2 unspecified atom stereocenters. The maximum Gasteiger partial charge on any atom is 0.265 e. The van der Waals surface area contributed by atoms with Crippen molar-refractivity contribution in [3.63, 3.8) is 0 Å². The summed E-state index contributed by atoms with van der Waals surface area (Å²) in [5.41, 5.74) is 0.954. The number of ether oxygens (including phenoxy) is 1. The van der Waals surface area contributed by atoms with Gasteiger partial charge in [-0.3, -0.25) is 9.59 Å². The van der Waals surface area contributed by atoms with Crippen LogP contribution in [-0.2, 0) is 19.6 Å². The number of sulfonamides is 1. The second kappa shape index (κ2) is 7.71. The van der Waals surface area contributed by atoms with Crippen molar-refractivity contribution >= 4 is 27.5 Å². The van der Waals surface area contributed by atoms with E-state index < -0.39 is 22.2 Å². The fraction of sp³-hybridized carbons (Fsp3) is 0.579. The van der Waals surface area contributed by atoms with Gasteiger partial charge in [-0.1, -0.05) is 0 Å². The van der Waals surface area contributed by atoms with Gasteiger partial charge in [-0.15, -0.1) is 0 Å². The SMILES string of the molecule is CCN(CC)C(=O)C1CCCN1S(=O)(=O)c1cc2c(cc1C)NC(=O)C(C)O2. The van der Waals surface area contributed by atoms with E-state index >= 15 is 0 Å². The predicted molar refractivity (Wildman–Crippen MR) is 105 cm³/mol. The number of carbonyl (C=O) groups is 2. The second-order valence-corrected chi connectivity index (χ2v) is 9.01. The average molecular weight is 410 g/mol. The molecule has 2 amide bonds. The Morgan fingerprint density at radius 1 is 1.32 bits per heavy atom. The number of nitrogens with one attached hydrogen (secondary N) is 1. The van der Waals surface area contributed by atoms with E-state index in [1.54, 1.807) is 24.8 Å². The highest BCUT2D eigenvalue weighted by Crippen LogP contribution is 2.37. The summed E-state index contributed by atoms with van der Waals surface area (Å²) >= 11 is 0. The van der Waals surface area contributed by atoms with Crippen LogP contribution in [0.3, 0.4) is 0 Å². The summed E-state index contributed by atoms with van der Waals surface area (Å²) in [6.07, 6.45) is 0.460. The zero-order valence-corrected chi connectivity index (χ0v) is 17.5. The van der Waals surface area contributed by atoms with Crippen molar-refractivity contribution in [1.82, 2.24) is 9.21 Å². The molecule has 2 atom stereocenters. The van der Waals surface area contributed by atoms with E-state index in [4.69, 9.17) is 4.74 Å². The molecule has 0 bridgehead atoms. The van der Waals surface area contributed by atoms with E-state index in [9.17, 15) is 18.0 Å². The molecule has 9 heteroatoms. The molecule has 8 nitrogen and oxygen atoms in total. The number of rotatable bonds is 5. The minimum Gasteiger partial charge on any atom is -0.479 e. The largest absolute Gasteiger partial charge is 0.479 e. The number of amides is 2.